The summed E-state index contributed by atoms with van der Waals surface area (Å²) in [5.74, 6) is -7.75. The quantitative estimate of drug-likeness (QED) is 0.0726. The highest BCUT2D eigenvalue weighted by Gasteiger charge is 2.35. The first-order valence-electron chi connectivity index (χ1n) is 19.0. The van der Waals surface area contributed by atoms with E-state index in [1.165, 1.54) is 31.2 Å². The lowest BCUT2D eigenvalue weighted by atomic mass is 9.98. The van der Waals surface area contributed by atoms with Crippen molar-refractivity contribution in [3.05, 3.63) is 29.8 Å². The van der Waals surface area contributed by atoms with Crippen molar-refractivity contribution >= 4 is 47.4 Å². The lowest BCUT2D eigenvalue weighted by Gasteiger charge is -2.28. The van der Waals surface area contributed by atoms with Crippen molar-refractivity contribution in [3.8, 4) is 5.75 Å². The van der Waals surface area contributed by atoms with E-state index in [9.17, 15) is 53.7 Å². The zero-order chi connectivity index (χ0) is 42.9. The molecule has 0 fully saturated rings. The summed E-state index contributed by atoms with van der Waals surface area (Å²) in [5, 5.41) is 44.3. The molecule has 0 aliphatic heterocycles. The van der Waals surface area contributed by atoms with Gasteiger partial charge in [-0.2, -0.15) is 0 Å². The molecule has 0 aliphatic carbocycles. The third-order valence-electron chi connectivity index (χ3n) is 8.42. The molecule has 0 radical (unpaired) electrons. The molecule has 1 rings (SSSR count). The zero-order valence-electron chi connectivity index (χ0n) is 33.9. The normalized spacial score (nSPS) is 14.5. The van der Waals surface area contributed by atoms with Crippen LogP contribution in [0, 0.1) is 23.7 Å². The predicted octanol–water partition coefficient (Wildman–Crippen LogP) is 1.61. The second kappa shape index (κ2) is 23.6. The van der Waals surface area contributed by atoms with Gasteiger partial charge in [0.15, 0.2) is 0 Å². The molecule has 17 nitrogen and oxygen atoms in total. The summed E-state index contributed by atoms with van der Waals surface area (Å²) < 4.78 is 0. The van der Waals surface area contributed by atoms with Gasteiger partial charge in [-0.25, -0.2) is 4.79 Å². The molecule has 1 aromatic carbocycles. The summed E-state index contributed by atoms with van der Waals surface area (Å²) >= 11 is 0. The third-order valence-corrected chi connectivity index (χ3v) is 8.42. The van der Waals surface area contributed by atoms with Crippen LogP contribution < -0.4 is 31.9 Å². The minimum absolute atomic E-state index is 0.0248. The summed E-state index contributed by atoms with van der Waals surface area (Å²) in [6.07, 6.45) is -0.475. The SMILES string of the molecule is CC(=O)N[C@@H](CC(C)C)C(=O)N[C@@H](Cc1ccc(O)cc1)C(=O)N[C@@H](CC(=O)O)C(=O)N[C@@H](CC(C)C)C(=O)N[C@@H](CC(C)C)C(=O)N[C@@H](CC(C)C)C(=O)O. The molecule has 56 heavy (non-hydrogen) atoms. The Kier molecular flexibility index (Phi) is 20.6. The van der Waals surface area contributed by atoms with Crippen LogP contribution in [0.3, 0.4) is 0 Å². The molecule has 0 aliphatic rings. The molecule has 9 N–H and O–H groups in total. The maximum absolute atomic E-state index is 13.8. The molecule has 314 valence electrons. The number of carbonyl (C=O) groups excluding carboxylic acids is 6. The zero-order valence-corrected chi connectivity index (χ0v) is 33.9. The molecule has 6 atom stereocenters. The molecule has 0 spiro atoms. The van der Waals surface area contributed by atoms with Crippen molar-refractivity contribution < 1.29 is 53.7 Å². The lowest BCUT2D eigenvalue weighted by Crippen LogP contribution is -2.60. The van der Waals surface area contributed by atoms with E-state index in [1.54, 1.807) is 27.7 Å². The number of carboxylic acids is 2. The number of aliphatic carboxylic acids is 2. The standard InChI is InChI=1S/C39H62N6O11/c1-20(2)14-27(40-24(9)46)34(50)43-30(18-25-10-12-26(47)13-11-25)37(53)44-31(19-33(48)49)38(54)42-28(15-21(3)4)35(51)41-29(16-22(5)6)36(52)45-32(39(55)56)17-23(7)8/h10-13,20-23,27-32,47H,14-19H2,1-9H3,(H,40,46)(H,41,51)(H,42,54)(H,43,50)(H,44,53)(H,45,52)(H,48,49)(H,55,56)/t27-,28-,29-,30-,31-,32-/m0/s1. The number of hydrogen-bond acceptors (Lipinski definition) is 9. The van der Waals surface area contributed by atoms with Crippen molar-refractivity contribution in [2.45, 2.75) is 137 Å². The largest absolute Gasteiger partial charge is 0.508 e. The van der Waals surface area contributed by atoms with Gasteiger partial charge in [0.2, 0.25) is 35.4 Å². The number of amides is 6. The average Bonchev–Trinajstić information content (AvgIpc) is 3.05. The number of carbonyl (C=O) groups is 8. The molecular weight excluding hydrogens is 728 g/mol. The Morgan fingerprint density at radius 2 is 0.804 bits per heavy atom. The third kappa shape index (κ3) is 18.9. The Morgan fingerprint density at radius 3 is 1.18 bits per heavy atom. The second-order valence-corrected chi connectivity index (χ2v) is 15.9. The number of phenols is 1. The summed E-state index contributed by atoms with van der Waals surface area (Å²) in [7, 11) is 0. The topological polar surface area (TPSA) is 269 Å². The van der Waals surface area contributed by atoms with Crippen LogP contribution in [0.5, 0.6) is 5.75 Å². The van der Waals surface area contributed by atoms with Crippen LogP contribution in [0.25, 0.3) is 0 Å². The summed E-state index contributed by atoms with van der Waals surface area (Å²) in [5.41, 5.74) is 0.495. The van der Waals surface area contributed by atoms with Gasteiger partial charge in [-0.1, -0.05) is 67.5 Å². The van der Waals surface area contributed by atoms with Gasteiger partial charge in [-0.05, 0) is 67.1 Å². The van der Waals surface area contributed by atoms with Crippen LogP contribution in [0.1, 0.15) is 100.0 Å². The number of rotatable bonds is 24. The first-order chi connectivity index (χ1) is 26.0. The molecule has 0 bridgehead atoms. The number of phenolic OH excluding ortho intramolecular Hbond substituents is 1. The number of aromatic hydroxyl groups is 1. The van der Waals surface area contributed by atoms with E-state index in [2.05, 4.69) is 31.9 Å². The molecule has 6 amide bonds. The van der Waals surface area contributed by atoms with Crippen LogP contribution >= 0.6 is 0 Å². The smallest absolute Gasteiger partial charge is 0.326 e. The minimum Gasteiger partial charge on any atom is -0.508 e. The van der Waals surface area contributed by atoms with Gasteiger partial charge in [0, 0.05) is 13.3 Å². The maximum atomic E-state index is 13.8. The number of hydrogen-bond donors (Lipinski definition) is 9. The summed E-state index contributed by atoms with van der Waals surface area (Å²) in [6.45, 7) is 15.7. The number of nitrogens with one attached hydrogen (secondary N) is 6. The fraction of sp³-hybridized carbons (Fsp3) is 0.641. The van der Waals surface area contributed by atoms with Crippen LogP contribution in [-0.4, -0.2) is 99.0 Å². The Hall–Kier alpha value is -5.22. The highest BCUT2D eigenvalue weighted by molar-refractivity contribution is 5.98. The van der Waals surface area contributed by atoms with Gasteiger partial charge in [0.1, 0.15) is 42.0 Å². The highest BCUT2D eigenvalue weighted by Crippen LogP contribution is 2.14. The van der Waals surface area contributed by atoms with Crippen molar-refractivity contribution in [1.82, 2.24) is 31.9 Å². The molecule has 0 aromatic heterocycles. The van der Waals surface area contributed by atoms with Crippen LogP contribution in [0.4, 0.5) is 0 Å². The van der Waals surface area contributed by atoms with E-state index in [0.717, 1.165) is 0 Å². The highest BCUT2D eigenvalue weighted by atomic mass is 16.4. The monoisotopic (exact) mass is 790 g/mol. The molecular formula is C39H62N6O11. The van der Waals surface area contributed by atoms with E-state index in [-0.39, 0.29) is 61.5 Å². The number of carboxylic acid groups (broad SMARTS) is 2. The summed E-state index contributed by atoms with van der Waals surface area (Å²) in [6, 6.07) is -2.02. The fourth-order valence-electron chi connectivity index (χ4n) is 5.87. The van der Waals surface area contributed by atoms with Crippen molar-refractivity contribution in [1.29, 1.82) is 0 Å². The van der Waals surface area contributed by atoms with Crippen LogP contribution in [0.2, 0.25) is 0 Å². The van der Waals surface area contributed by atoms with Gasteiger partial charge in [-0.15, -0.1) is 0 Å². The van der Waals surface area contributed by atoms with E-state index < -0.39 is 90.1 Å². The Morgan fingerprint density at radius 1 is 0.482 bits per heavy atom. The molecule has 1 aromatic rings. The summed E-state index contributed by atoms with van der Waals surface area (Å²) in [4.78, 5) is 104. The van der Waals surface area contributed by atoms with E-state index >= 15 is 0 Å². The Bertz CT molecular complexity index is 1510. The van der Waals surface area contributed by atoms with Gasteiger partial charge in [0.05, 0.1) is 6.42 Å². The lowest BCUT2D eigenvalue weighted by molar-refractivity contribution is -0.143. The second-order valence-electron chi connectivity index (χ2n) is 15.9. The molecule has 0 heterocycles. The van der Waals surface area contributed by atoms with Gasteiger partial charge >= 0.3 is 11.9 Å². The van der Waals surface area contributed by atoms with Gasteiger partial charge in [0.25, 0.3) is 0 Å². The van der Waals surface area contributed by atoms with Gasteiger partial charge in [-0.3, -0.25) is 33.6 Å². The Balaban J connectivity index is 3.42. The first kappa shape index (κ1) is 48.8. The first-order valence-corrected chi connectivity index (χ1v) is 19.0. The van der Waals surface area contributed by atoms with Crippen LogP contribution in [-0.2, 0) is 44.8 Å². The minimum atomic E-state index is -1.73. The van der Waals surface area contributed by atoms with E-state index in [1.807, 2.05) is 27.7 Å². The molecule has 17 heteroatoms. The van der Waals surface area contributed by atoms with Gasteiger partial charge < -0.3 is 47.2 Å². The number of benzene rings is 1. The fourth-order valence-corrected chi connectivity index (χ4v) is 5.87. The van der Waals surface area contributed by atoms with Crippen molar-refractivity contribution in [2.75, 3.05) is 0 Å². The maximum Gasteiger partial charge on any atom is 0.326 e. The molecule has 0 saturated heterocycles. The van der Waals surface area contributed by atoms with Crippen molar-refractivity contribution in [2.24, 2.45) is 23.7 Å². The predicted molar refractivity (Wildman–Crippen MR) is 207 cm³/mol. The van der Waals surface area contributed by atoms with E-state index in [0.29, 0.717) is 5.56 Å². The van der Waals surface area contributed by atoms with Crippen molar-refractivity contribution in [3.63, 3.8) is 0 Å². The molecule has 0 unspecified atom stereocenters. The van der Waals surface area contributed by atoms with Crippen LogP contribution in [0.15, 0.2) is 24.3 Å². The Labute approximate surface area is 328 Å². The average molecular weight is 791 g/mol. The van der Waals surface area contributed by atoms with E-state index in [4.69, 9.17) is 0 Å². The molecule has 0 saturated carbocycles.